The molecule has 0 spiro atoms. The minimum atomic E-state index is -3.83. The molecule has 0 amide bonds. The quantitative estimate of drug-likeness (QED) is 0.693. The summed E-state index contributed by atoms with van der Waals surface area (Å²) in [5.74, 6) is 0. The Morgan fingerprint density at radius 1 is 1.00 bits per heavy atom. The molecule has 6 nitrogen and oxygen atoms in total. The minimum absolute atomic E-state index is 0.667. The van der Waals surface area contributed by atoms with Crippen LogP contribution in [0.25, 0.3) is 0 Å². The molecule has 0 radical (unpaired) electrons. The predicted molar refractivity (Wildman–Crippen MR) is 71.9 cm³/mol. The van der Waals surface area contributed by atoms with Gasteiger partial charge in [-0.2, -0.15) is 4.21 Å². The second-order valence-electron chi connectivity index (χ2n) is 2.78. The van der Waals surface area contributed by atoms with Gasteiger partial charge in [-0.25, -0.2) is 0 Å². The Hall–Kier alpha value is 0.387. The molecular weight excluding hydrogens is 284 g/mol. The maximum Gasteiger partial charge on any atom is 0.500 e. The van der Waals surface area contributed by atoms with Crippen LogP contribution in [0, 0.1) is 0 Å². The predicted octanol–water partition coefficient (Wildman–Crippen LogP) is 1.73. The maximum atomic E-state index is 9.11. The Balaban J connectivity index is 0. The van der Waals surface area contributed by atoms with E-state index in [4.69, 9.17) is 26.6 Å². The average Bonchev–Trinajstić information content (AvgIpc) is 2.16. The molecule has 0 fully saturated rings. The van der Waals surface area contributed by atoms with Crippen molar-refractivity contribution in [2.24, 2.45) is 0 Å². The Kier molecular flexibility index (Phi) is 12.0. The number of hydrogen-bond donors (Lipinski definition) is 2. The third-order valence-electron chi connectivity index (χ3n) is 1.53. The lowest BCUT2D eigenvalue weighted by molar-refractivity contribution is 0.0725. The van der Waals surface area contributed by atoms with Gasteiger partial charge in [0, 0.05) is 37.1 Å². The molecule has 0 saturated carbocycles. The summed E-state index contributed by atoms with van der Waals surface area (Å²) in [6.07, 6.45) is 0. The average molecular weight is 306 g/mol. The highest BCUT2D eigenvalue weighted by atomic mass is 32.9. The lowest BCUT2D eigenvalue weighted by Crippen LogP contribution is -2.45. The summed E-state index contributed by atoms with van der Waals surface area (Å²) in [6.45, 7) is 9.95. The Labute approximate surface area is 109 Å². The maximum absolute atomic E-state index is 9.11. The van der Waals surface area contributed by atoms with Crippen LogP contribution in [0.5, 0.6) is 0 Å². The van der Waals surface area contributed by atoms with Gasteiger partial charge < -0.3 is 13.3 Å². The van der Waals surface area contributed by atoms with Gasteiger partial charge in [-0.3, -0.25) is 9.11 Å². The molecule has 9 heteroatoms. The van der Waals surface area contributed by atoms with Crippen LogP contribution in [0.15, 0.2) is 0 Å². The van der Waals surface area contributed by atoms with Crippen LogP contribution in [-0.2, 0) is 33.5 Å². The monoisotopic (exact) mass is 306 g/mol. The van der Waals surface area contributed by atoms with Crippen molar-refractivity contribution < 1.29 is 26.6 Å². The van der Waals surface area contributed by atoms with Crippen molar-refractivity contribution in [2.45, 2.75) is 33.7 Å². The Morgan fingerprint density at radius 2 is 1.24 bits per heavy atom. The van der Waals surface area contributed by atoms with Crippen molar-refractivity contribution in [2.75, 3.05) is 19.8 Å². The van der Waals surface area contributed by atoms with Crippen LogP contribution in [0.4, 0.5) is 0 Å². The summed E-state index contributed by atoms with van der Waals surface area (Å²) in [5.41, 5.74) is 0. The third-order valence-corrected chi connectivity index (χ3v) is 4.58. The fraction of sp³-hybridized carbons (Fsp3) is 1.00. The molecule has 0 atom stereocenters. The molecule has 0 rings (SSSR count). The van der Waals surface area contributed by atoms with Crippen LogP contribution < -0.4 is 0 Å². The molecule has 0 saturated heterocycles. The van der Waals surface area contributed by atoms with Gasteiger partial charge in [0.05, 0.1) is 0 Å². The fourth-order valence-electron chi connectivity index (χ4n) is 1.09. The lowest BCUT2D eigenvalue weighted by Gasteiger charge is -2.26. The van der Waals surface area contributed by atoms with E-state index in [0.29, 0.717) is 19.8 Å². The standard InChI is InChI=1S/C8H20O3Si.H2O3S2/c1-5-9-12(8-4,10-6-2)11-7-3;1-5(2,3)4/h5-8H2,1-4H3;(H2,1,2,3,4). The molecule has 0 aromatic heterocycles. The molecule has 17 heavy (non-hydrogen) atoms. The molecule has 0 heterocycles. The normalized spacial score (nSPS) is 11.9. The van der Waals surface area contributed by atoms with E-state index in [1.165, 1.54) is 0 Å². The highest BCUT2D eigenvalue weighted by molar-refractivity contribution is 8.26. The molecule has 0 aliphatic rings. The van der Waals surface area contributed by atoms with E-state index in [-0.39, 0.29) is 0 Å². The van der Waals surface area contributed by atoms with Gasteiger partial charge >= 0.3 is 8.80 Å². The first-order valence-electron chi connectivity index (χ1n) is 5.36. The Bertz CT molecular complexity index is 244. The van der Waals surface area contributed by atoms with Gasteiger partial charge in [-0.05, 0) is 20.8 Å². The van der Waals surface area contributed by atoms with E-state index in [0.717, 1.165) is 6.04 Å². The van der Waals surface area contributed by atoms with Crippen LogP contribution in [0.3, 0.4) is 0 Å². The molecule has 0 aliphatic heterocycles. The second kappa shape index (κ2) is 10.3. The van der Waals surface area contributed by atoms with E-state index in [2.05, 4.69) is 11.2 Å². The zero-order valence-corrected chi connectivity index (χ0v) is 13.3. The van der Waals surface area contributed by atoms with E-state index in [9.17, 15) is 0 Å². The topological polar surface area (TPSA) is 85.2 Å². The number of rotatable bonds is 7. The molecule has 0 bridgehead atoms. The second-order valence-corrected chi connectivity index (χ2v) is 7.92. The van der Waals surface area contributed by atoms with Crippen molar-refractivity contribution >= 4 is 29.0 Å². The van der Waals surface area contributed by atoms with E-state index < -0.39 is 17.9 Å². The van der Waals surface area contributed by atoms with Crippen molar-refractivity contribution in [1.82, 2.24) is 0 Å². The summed E-state index contributed by atoms with van der Waals surface area (Å²) in [7, 11) is -6.10. The first kappa shape index (κ1) is 19.7. The molecular formula is C8H22O6S2Si. The molecule has 0 aliphatic carbocycles. The molecule has 0 unspecified atom stereocenters. The van der Waals surface area contributed by atoms with Crippen LogP contribution >= 0.6 is 0 Å². The van der Waals surface area contributed by atoms with Gasteiger partial charge in [0.25, 0.3) is 9.05 Å². The summed E-state index contributed by atoms with van der Waals surface area (Å²) in [4.78, 5) is 0. The van der Waals surface area contributed by atoms with Gasteiger partial charge in [-0.1, -0.05) is 6.92 Å². The first-order chi connectivity index (χ1) is 7.74. The van der Waals surface area contributed by atoms with Crippen LogP contribution in [0.2, 0.25) is 6.04 Å². The summed E-state index contributed by atoms with van der Waals surface area (Å²) in [5, 5.41) is 0. The van der Waals surface area contributed by atoms with E-state index in [1.54, 1.807) is 0 Å². The Morgan fingerprint density at radius 3 is 1.35 bits per heavy atom. The fourth-order valence-corrected chi connectivity index (χ4v) is 3.27. The highest BCUT2D eigenvalue weighted by Gasteiger charge is 2.37. The van der Waals surface area contributed by atoms with Crippen molar-refractivity contribution in [3.8, 4) is 0 Å². The minimum Gasteiger partial charge on any atom is -0.374 e. The molecule has 0 aromatic carbocycles. The van der Waals surface area contributed by atoms with Crippen molar-refractivity contribution in [3.05, 3.63) is 0 Å². The summed E-state index contributed by atoms with van der Waals surface area (Å²) >= 11 is 3.47. The van der Waals surface area contributed by atoms with E-state index >= 15 is 0 Å². The van der Waals surface area contributed by atoms with E-state index in [1.807, 2.05) is 27.7 Å². The van der Waals surface area contributed by atoms with Crippen LogP contribution in [0.1, 0.15) is 27.7 Å². The SMILES string of the molecule is CCO[Si](CC)(OCC)OCC.O=S(O)(O)=S. The number of hydrogen-bond acceptors (Lipinski definition) is 5. The first-order valence-corrected chi connectivity index (χ1v) is 9.69. The van der Waals surface area contributed by atoms with Crippen molar-refractivity contribution in [3.63, 3.8) is 0 Å². The third kappa shape index (κ3) is 14.3. The molecule has 106 valence electrons. The molecule has 0 aromatic rings. The summed E-state index contributed by atoms with van der Waals surface area (Å²) < 4.78 is 40.6. The van der Waals surface area contributed by atoms with Gasteiger partial charge in [0.1, 0.15) is 0 Å². The molecule has 2 N–H and O–H groups in total. The lowest BCUT2D eigenvalue weighted by atomic mass is 10.9. The largest absolute Gasteiger partial charge is 0.500 e. The highest BCUT2D eigenvalue weighted by Crippen LogP contribution is 2.14. The van der Waals surface area contributed by atoms with Gasteiger partial charge in [-0.15, -0.1) is 0 Å². The van der Waals surface area contributed by atoms with Gasteiger partial charge in [0.15, 0.2) is 0 Å². The zero-order chi connectivity index (χ0) is 13.9. The smallest absolute Gasteiger partial charge is 0.374 e. The summed E-state index contributed by atoms with van der Waals surface area (Å²) in [6, 6.07) is 0.850. The van der Waals surface area contributed by atoms with Crippen molar-refractivity contribution in [1.29, 1.82) is 0 Å². The van der Waals surface area contributed by atoms with Crippen LogP contribution in [-0.4, -0.2) is 41.9 Å². The van der Waals surface area contributed by atoms with Gasteiger partial charge in [0.2, 0.25) is 0 Å². The zero-order valence-electron chi connectivity index (χ0n) is 10.7.